The fourth-order valence-corrected chi connectivity index (χ4v) is 3.62. The molecule has 2 aromatic carbocycles. The molecule has 29 heavy (non-hydrogen) atoms. The number of nitro groups is 1. The number of non-ortho nitro benzene ring substituents is 1. The van der Waals surface area contributed by atoms with Crippen molar-refractivity contribution in [2.45, 2.75) is 6.92 Å². The monoisotopic (exact) mass is 407 g/mol. The highest BCUT2D eigenvalue weighted by Crippen LogP contribution is 2.35. The van der Waals surface area contributed by atoms with Crippen molar-refractivity contribution < 1.29 is 24.0 Å². The number of carbonyl (C=O) groups excluding carboxylic acids is 2. The number of hydrogen-bond donors (Lipinski definition) is 0. The van der Waals surface area contributed by atoms with Gasteiger partial charge in [-0.1, -0.05) is 0 Å². The van der Waals surface area contributed by atoms with Crippen LogP contribution in [0.15, 0.2) is 59.7 Å². The molecule has 0 fully saturated rings. The van der Waals surface area contributed by atoms with Crippen LogP contribution in [0.3, 0.4) is 0 Å². The molecule has 0 N–H and O–H groups in total. The van der Waals surface area contributed by atoms with E-state index in [2.05, 4.69) is 0 Å². The number of nitro benzene ring substituents is 1. The van der Waals surface area contributed by atoms with Gasteiger partial charge in [-0.05, 0) is 48.2 Å². The second-order valence-electron chi connectivity index (χ2n) is 6.26. The van der Waals surface area contributed by atoms with E-state index in [4.69, 9.17) is 9.47 Å². The van der Waals surface area contributed by atoms with E-state index in [1.54, 1.807) is 6.08 Å². The maximum absolute atomic E-state index is 12.5. The van der Waals surface area contributed by atoms with Crippen LogP contribution in [0.2, 0.25) is 0 Å². The van der Waals surface area contributed by atoms with Gasteiger partial charge < -0.3 is 9.47 Å². The van der Waals surface area contributed by atoms with Crippen LogP contribution >= 0.6 is 11.3 Å². The Morgan fingerprint density at radius 3 is 2.59 bits per heavy atom. The number of Topliss-reactive ketones (excluding diaryl/α,β-unsaturated/α-hetero) is 1. The lowest BCUT2D eigenvalue weighted by molar-refractivity contribution is -0.384. The zero-order valence-corrected chi connectivity index (χ0v) is 15.9. The van der Waals surface area contributed by atoms with Gasteiger partial charge >= 0.3 is 5.97 Å². The molecule has 4 rings (SSSR count). The summed E-state index contributed by atoms with van der Waals surface area (Å²) in [7, 11) is 0. The summed E-state index contributed by atoms with van der Waals surface area (Å²) >= 11 is 1.51. The van der Waals surface area contributed by atoms with Crippen LogP contribution in [0, 0.1) is 17.0 Å². The van der Waals surface area contributed by atoms with Crippen LogP contribution in [0.4, 0.5) is 5.69 Å². The molecule has 1 aliphatic rings. The van der Waals surface area contributed by atoms with Gasteiger partial charge in [-0.15, -0.1) is 11.3 Å². The van der Waals surface area contributed by atoms with E-state index in [1.807, 2.05) is 18.4 Å². The molecule has 0 spiro atoms. The summed E-state index contributed by atoms with van der Waals surface area (Å²) in [5, 5.41) is 12.6. The molecule has 144 valence electrons. The van der Waals surface area contributed by atoms with Crippen LogP contribution in [-0.4, -0.2) is 16.7 Å². The molecule has 0 saturated carbocycles. The summed E-state index contributed by atoms with van der Waals surface area (Å²) in [5.74, 6) is -0.183. The molecule has 0 unspecified atom stereocenters. The molecule has 1 aliphatic heterocycles. The molecule has 0 aliphatic carbocycles. The van der Waals surface area contributed by atoms with Crippen LogP contribution in [-0.2, 0) is 0 Å². The van der Waals surface area contributed by atoms with Gasteiger partial charge in [-0.2, -0.15) is 0 Å². The highest BCUT2D eigenvalue weighted by molar-refractivity contribution is 7.11. The van der Waals surface area contributed by atoms with Gasteiger partial charge in [0.15, 0.2) is 5.76 Å². The van der Waals surface area contributed by atoms with Crippen LogP contribution < -0.4 is 9.47 Å². The first-order chi connectivity index (χ1) is 13.9. The molecular formula is C21H13NO6S. The standard InChI is InChI=1S/C21H13NO6S/c1-12-8-9-29-19(12)11-18-20(23)16-7-6-15(10-17(16)28-18)27-21(24)13-2-4-14(5-3-13)22(25)26/h2-11H,1H3/b18-11+. The van der Waals surface area contributed by atoms with Crippen LogP contribution in [0.25, 0.3) is 6.08 Å². The van der Waals surface area contributed by atoms with Gasteiger partial charge in [-0.25, -0.2) is 4.79 Å². The number of ketones is 1. The first-order valence-corrected chi connectivity index (χ1v) is 9.39. The Bertz CT molecular complexity index is 1180. The Morgan fingerprint density at radius 2 is 1.93 bits per heavy atom. The largest absolute Gasteiger partial charge is 0.452 e. The molecule has 0 atom stereocenters. The summed E-state index contributed by atoms with van der Waals surface area (Å²) in [6.45, 7) is 1.95. The van der Waals surface area contributed by atoms with E-state index in [9.17, 15) is 19.7 Å². The number of benzene rings is 2. The number of hydrogen-bond acceptors (Lipinski definition) is 7. The first kappa shape index (κ1) is 18.6. The zero-order valence-electron chi connectivity index (χ0n) is 15.1. The lowest BCUT2D eigenvalue weighted by Crippen LogP contribution is -2.08. The number of ether oxygens (including phenoxy) is 2. The van der Waals surface area contributed by atoms with Crippen molar-refractivity contribution in [3.63, 3.8) is 0 Å². The maximum Gasteiger partial charge on any atom is 0.343 e. The van der Waals surface area contributed by atoms with Crippen molar-refractivity contribution in [2.75, 3.05) is 0 Å². The minimum absolute atomic E-state index is 0.119. The van der Waals surface area contributed by atoms with E-state index >= 15 is 0 Å². The molecule has 8 heteroatoms. The summed E-state index contributed by atoms with van der Waals surface area (Å²) in [4.78, 5) is 35.9. The third kappa shape index (κ3) is 3.65. The topological polar surface area (TPSA) is 95.7 Å². The van der Waals surface area contributed by atoms with Gasteiger partial charge in [0.2, 0.25) is 5.78 Å². The number of carbonyl (C=O) groups is 2. The lowest BCUT2D eigenvalue weighted by atomic mass is 10.1. The molecule has 3 aromatic rings. The van der Waals surface area contributed by atoms with E-state index in [0.717, 1.165) is 10.4 Å². The van der Waals surface area contributed by atoms with E-state index in [0.29, 0.717) is 11.3 Å². The predicted molar refractivity (Wildman–Crippen MR) is 106 cm³/mol. The van der Waals surface area contributed by atoms with Crippen molar-refractivity contribution in [3.05, 3.63) is 91.4 Å². The van der Waals surface area contributed by atoms with Gasteiger partial charge in [-0.3, -0.25) is 14.9 Å². The van der Waals surface area contributed by atoms with Crippen LogP contribution in [0.5, 0.6) is 11.5 Å². The van der Waals surface area contributed by atoms with Crippen molar-refractivity contribution in [2.24, 2.45) is 0 Å². The fraction of sp³-hybridized carbons (Fsp3) is 0.0476. The Morgan fingerprint density at radius 1 is 1.17 bits per heavy atom. The average molecular weight is 407 g/mol. The first-order valence-electron chi connectivity index (χ1n) is 8.51. The average Bonchev–Trinajstić information content (AvgIpc) is 3.25. The molecule has 2 heterocycles. The highest BCUT2D eigenvalue weighted by Gasteiger charge is 2.28. The second-order valence-corrected chi connectivity index (χ2v) is 7.21. The molecule has 0 saturated heterocycles. The normalized spacial score (nSPS) is 13.8. The maximum atomic E-state index is 12.5. The molecular weight excluding hydrogens is 394 g/mol. The Hall–Kier alpha value is -3.78. The van der Waals surface area contributed by atoms with Crippen molar-refractivity contribution in [1.29, 1.82) is 0 Å². The summed E-state index contributed by atoms with van der Waals surface area (Å²) in [6, 6.07) is 11.6. The lowest BCUT2D eigenvalue weighted by Gasteiger charge is -2.05. The third-order valence-corrected chi connectivity index (χ3v) is 5.30. The van der Waals surface area contributed by atoms with Crippen molar-refractivity contribution >= 4 is 34.9 Å². The fourth-order valence-electron chi connectivity index (χ4n) is 2.77. The van der Waals surface area contributed by atoms with E-state index in [1.165, 1.54) is 53.8 Å². The molecule has 0 radical (unpaired) electrons. The van der Waals surface area contributed by atoms with Gasteiger partial charge in [0.1, 0.15) is 11.5 Å². The van der Waals surface area contributed by atoms with Crippen molar-refractivity contribution in [1.82, 2.24) is 0 Å². The Labute approximate surface area is 169 Å². The number of aryl methyl sites for hydroxylation is 1. The van der Waals surface area contributed by atoms with Gasteiger partial charge in [0, 0.05) is 29.2 Å². The van der Waals surface area contributed by atoms with Gasteiger partial charge in [0.25, 0.3) is 5.69 Å². The molecule has 0 amide bonds. The van der Waals surface area contributed by atoms with Crippen molar-refractivity contribution in [3.8, 4) is 11.5 Å². The number of esters is 1. The number of thiophene rings is 1. The Balaban J connectivity index is 1.53. The minimum Gasteiger partial charge on any atom is -0.452 e. The predicted octanol–water partition coefficient (Wildman–Crippen LogP) is 4.80. The summed E-state index contributed by atoms with van der Waals surface area (Å²) in [6.07, 6.45) is 1.70. The number of nitrogens with zero attached hydrogens (tertiary/aromatic N) is 1. The zero-order chi connectivity index (χ0) is 20.5. The molecule has 1 aromatic heterocycles. The summed E-state index contributed by atoms with van der Waals surface area (Å²) < 4.78 is 11.0. The minimum atomic E-state index is -0.672. The number of rotatable bonds is 4. The highest BCUT2D eigenvalue weighted by atomic mass is 32.1. The second kappa shape index (κ2) is 7.33. The Kier molecular flexibility index (Phi) is 4.69. The third-order valence-electron chi connectivity index (χ3n) is 4.33. The number of fused-ring (bicyclic) bond motifs is 1. The SMILES string of the molecule is Cc1ccsc1/C=C1/Oc2cc(OC(=O)c3ccc([N+](=O)[O-])cc3)ccc2C1=O. The molecule has 7 nitrogen and oxygen atoms in total. The quantitative estimate of drug-likeness (QED) is 0.203. The van der Waals surface area contributed by atoms with E-state index in [-0.39, 0.29) is 28.5 Å². The van der Waals surface area contributed by atoms with Crippen LogP contribution in [0.1, 0.15) is 31.2 Å². The number of allylic oxidation sites excluding steroid dienone is 1. The van der Waals surface area contributed by atoms with Gasteiger partial charge in [0.05, 0.1) is 16.1 Å². The molecule has 0 bridgehead atoms. The summed E-state index contributed by atoms with van der Waals surface area (Å²) in [5.41, 5.74) is 1.49. The van der Waals surface area contributed by atoms with E-state index < -0.39 is 10.9 Å². The smallest absolute Gasteiger partial charge is 0.343 e.